The second kappa shape index (κ2) is 9.46. The van der Waals surface area contributed by atoms with Crippen molar-refractivity contribution in [3.05, 3.63) is 11.6 Å². The molecular weight excluding hydrogens is 392 g/mol. The Morgan fingerprint density at radius 1 is 1.06 bits per heavy atom. The van der Waals surface area contributed by atoms with Gasteiger partial charge in [0.05, 0.1) is 0 Å². The predicted octanol–water partition coefficient (Wildman–Crippen LogP) is 8.21. The van der Waals surface area contributed by atoms with Crippen LogP contribution in [0.25, 0.3) is 0 Å². The van der Waals surface area contributed by atoms with Gasteiger partial charge in [0.1, 0.15) is 6.10 Å². The normalized spacial score (nSPS) is 43.0. The minimum Gasteiger partial charge on any atom is -0.464 e. The first kappa shape index (κ1) is 24.3. The van der Waals surface area contributed by atoms with Gasteiger partial charge < -0.3 is 4.74 Å². The molecule has 182 valence electrons. The maximum atomic E-state index is 10.9. The fraction of sp³-hybridized carbons (Fsp3) is 0.900. The van der Waals surface area contributed by atoms with E-state index in [0.29, 0.717) is 17.3 Å². The quantitative estimate of drug-likeness (QED) is 0.280. The molecule has 0 saturated heterocycles. The number of carbonyl (C=O) groups excluding carboxylic acids is 1. The van der Waals surface area contributed by atoms with Crippen LogP contribution in [0.2, 0.25) is 0 Å². The lowest BCUT2D eigenvalue weighted by molar-refractivity contribution is -0.136. The van der Waals surface area contributed by atoms with Gasteiger partial charge in [-0.15, -0.1) is 0 Å². The van der Waals surface area contributed by atoms with E-state index in [2.05, 4.69) is 47.6 Å². The summed E-state index contributed by atoms with van der Waals surface area (Å²) in [5.74, 6) is 6.16. The van der Waals surface area contributed by atoms with Gasteiger partial charge in [0.25, 0.3) is 6.47 Å². The molecule has 0 N–H and O–H groups in total. The third-order valence-electron chi connectivity index (χ3n) is 11.5. The van der Waals surface area contributed by atoms with E-state index in [1.807, 2.05) is 0 Å². The van der Waals surface area contributed by atoms with Crippen LogP contribution in [0.3, 0.4) is 0 Å². The SMILES string of the molecule is CC[C@@H](CC[C@H](C)[C@H]1CC[C@H]2[C@@H]3CC=C4C[C@@H](OC=O)CC[C@]4(C)[C@H]3CC[C@]12C)C(C)C. The molecule has 32 heavy (non-hydrogen) atoms. The van der Waals surface area contributed by atoms with Crippen LogP contribution in [-0.4, -0.2) is 12.6 Å². The smallest absolute Gasteiger partial charge is 0.293 e. The first-order chi connectivity index (χ1) is 15.2. The lowest BCUT2D eigenvalue weighted by Crippen LogP contribution is -2.51. The van der Waals surface area contributed by atoms with Gasteiger partial charge in [-0.2, -0.15) is 0 Å². The molecule has 9 atom stereocenters. The molecule has 0 unspecified atom stereocenters. The van der Waals surface area contributed by atoms with Crippen molar-refractivity contribution in [1.82, 2.24) is 0 Å². The third-order valence-corrected chi connectivity index (χ3v) is 11.5. The maximum Gasteiger partial charge on any atom is 0.293 e. The van der Waals surface area contributed by atoms with Gasteiger partial charge in [-0.05, 0) is 104 Å². The largest absolute Gasteiger partial charge is 0.464 e. The summed E-state index contributed by atoms with van der Waals surface area (Å²) in [6.45, 7) is 15.7. The Bertz CT molecular complexity index is 695. The predicted molar refractivity (Wildman–Crippen MR) is 133 cm³/mol. The Hall–Kier alpha value is -0.790. The van der Waals surface area contributed by atoms with Gasteiger partial charge in [-0.3, -0.25) is 4.79 Å². The molecule has 4 rings (SSSR count). The van der Waals surface area contributed by atoms with E-state index in [4.69, 9.17) is 4.74 Å². The van der Waals surface area contributed by atoms with Crippen molar-refractivity contribution >= 4 is 6.47 Å². The highest BCUT2D eigenvalue weighted by atomic mass is 16.5. The number of carbonyl (C=O) groups is 1. The van der Waals surface area contributed by atoms with Crippen LogP contribution in [0, 0.1) is 52.3 Å². The van der Waals surface area contributed by atoms with Crippen molar-refractivity contribution in [2.45, 2.75) is 118 Å². The average Bonchev–Trinajstić information content (AvgIpc) is 3.11. The number of hydrogen-bond donors (Lipinski definition) is 0. The molecule has 0 amide bonds. The summed E-state index contributed by atoms with van der Waals surface area (Å²) >= 11 is 0. The van der Waals surface area contributed by atoms with E-state index in [-0.39, 0.29) is 6.10 Å². The van der Waals surface area contributed by atoms with Crippen LogP contribution in [-0.2, 0) is 9.53 Å². The Kier molecular flexibility index (Phi) is 7.19. The minimum absolute atomic E-state index is 0.117. The van der Waals surface area contributed by atoms with Crippen LogP contribution in [0.1, 0.15) is 112 Å². The summed E-state index contributed by atoms with van der Waals surface area (Å²) in [4.78, 5) is 10.9. The van der Waals surface area contributed by atoms with Gasteiger partial charge >= 0.3 is 0 Å². The van der Waals surface area contributed by atoms with Gasteiger partial charge in [-0.25, -0.2) is 0 Å². The molecule has 0 aliphatic heterocycles. The molecule has 0 bridgehead atoms. The number of allylic oxidation sites excluding steroid dienone is 1. The van der Waals surface area contributed by atoms with E-state index >= 15 is 0 Å². The molecule has 0 spiro atoms. The van der Waals surface area contributed by atoms with Crippen molar-refractivity contribution in [3.8, 4) is 0 Å². The Balaban J connectivity index is 1.46. The highest BCUT2D eigenvalue weighted by molar-refractivity contribution is 5.38. The monoisotopic (exact) mass is 442 g/mol. The Morgan fingerprint density at radius 3 is 2.53 bits per heavy atom. The molecule has 0 aromatic heterocycles. The van der Waals surface area contributed by atoms with Gasteiger partial charge in [0, 0.05) is 6.42 Å². The van der Waals surface area contributed by atoms with Crippen molar-refractivity contribution in [1.29, 1.82) is 0 Å². The topological polar surface area (TPSA) is 26.3 Å². The first-order valence-electron chi connectivity index (χ1n) is 14.0. The van der Waals surface area contributed by atoms with Gasteiger partial charge in [-0.1, -0.05) is 66.0 Å². The molecule has 0 heterocycles. The Labute approximate surface area is 198 Å². The summed E-state index contributed by atoms with van der Waals surface area (Å²) in [7, 11) is 0. The van der Waals surface area contributed by atoms with Crippen LogP contribution in [0.15, 0.2) is 11.6 Å². The lowest BCUT2D eigenvalue weighted by atomic mass is 9.47. The molecule has 0 aromatic carbocycles. The molecule has 2 heteroatoms. The number of fused-ring (bicyclic) bond motifs is 5. The lowest BCUT2D eigenvalue weighted by Gasteiger charge is -2.58. The first-order valence-corrected chi connectivity index (χ1v) is 14.0. The molecule has 4 aliphatic rings. The maximum absolute atomic E-state index is 10.9. The average molecular weight is 443 g/mol. The molecule has 3 fully saturated rings. The fourth-order valence-electron chi connectivity index (χ4n) is 9.48. The number of ether oxygens (including phenoxy) is 1. The second-order valence-corrected chi connectivity index (χ2v) is 13.1. The van der Waals surface area contributed by atoms with Crippen molar-refractivity contribution < 1.29 is 9.53 Å². The summed E-state index contributed by atoms with van der Waals surface area (Å²) in [5, 5.41) is 0. The zero-order valence-corrected chi connectivity index (χ0v) is 21.9. The molecule has 0 radical (unpaired) electrons. The molecular formula is C30H50O2. The van der Waals surface area contributed by atoms with Gasteiger partial charge in [0.2, 0.25) is 0 Å². The zero-order valence-electron chi connectivity index (χ0n) is 21.9. The standard InChI is InChI=1S/C30H50O2/c1-7-22(20(2)3)9-8-21(4)26-12-13-27-25-11-10-23-18-24(32-19-31)14-16-29(23,5)28(25)15-17-30(26,27)6/h10,19-22,24-28H,7-9,11-18H2,1-6H3/t21-,22-,24-,25-,26+,27-,28-,29-,30+/m0/s1. The van der Waals surface area contributed by atoms with Crippen LogP contribution < -0.4 is 0 Å². The van der Waals surface area contributed by atoms with Gasteiger partial charge in [0.15, 0.2) is 0 Å². The van der Waals surface area contributed by atoms with Crippen molar-refractivity contribution in [2.75, 3.05) is 0 Å². The molecule has 3 saturated carbocycles. The van der Waals surface area contributed by atoms with E-state index in [1.54, 1.807) is 5.57 Å². The zero-order chi connectivity index (χ0) is 23.1. The van der Waals surface area contributed by atoms with E-state index in [9.17, 15) is 4.79 Å². The van der Waals surface area contributed by atoms with Crippen LogP contribution in [0.4, 0.5) is 0 Å². The molecule has 4 aliphatic carbocycles. The molecule has 2 nitrogen and oxygen atoms in total. The Morgan fingerprint density at radius 2 is 1.84 bits per heavy atom. The minimum atomic E-state index is 0.117. The number of rotatable bonds is 8. The summed E-state index contributed by atoms with van der Waals surface area (Å²) in [5.41, 5.74) is 2.52. The van der Waals surface area contributed by atoms with E-state index in [0.717, 1.165) is 54.3 Å². The fourth-order valence-corrected chi connectivity index (χ4v) is 9.48. The van der Waals surface area contributed by atoms with E-state index < -0.39 is 0 Å². The summed E-state index contributed by atoms with van der Waals surface area (Å²) in [6.07, 6.45) is 17.2. The summed E-state index contributed by atoms with van der Waals surface area (Å²) < 4.78 is 5.38. The highest BCUT2D eigenvalue weighted by Crippen LogP contribution is 2.67. The third kappa shape index (κ3) is 4.11. The second-order valence-electron chi connectivity index (χ2n) is 13.1. The molecule has 0 aromatic rings. The van der Waals surface area contributed by atoms with Crippen molar-refractivity contribution in [3.63, 3.8) is 0 Å². The number of hydrogen-bond acceptors (Lipinski definition) is 2. The highest BCUT2D eigenvalue weighted by Gasteiger charge is 2.59. The summed E-state index contributed by atoms with van der Waals surface area (Å²) in [6, 6.07) is 0. The van der Waals surface area contributed by atoms with Crippen molar-refractivity contribution in [2.24, 2.45) is 52.3 Å². The van der Waals surface area contributed by atoms with E-state index in [1.165, 1.54) is 57.8 Å². The van der Waals surface area contributed by atoms with Crippen LogP contribution >= 0.6 is 0 Å². The van der Waals surface area contributed by atoms with Crippen LogP contribution in [0.5, 0.6) is 0 Å².